The maximum atomic E-state index is 13.0. The summed E-state index contributed by atoms with van der Waals surface area (Å²) in [6.45, 7) is 3.54. The Balaban J connectivity index is 2.06. The monoisotopic (exact) mass is 384 g/mol. The Morgan fingerprint density at radius 3 is 2.52 bits per heavy atom. The second kappa shape index (κ2) is 7.25. The summed E-state index contributed by atoms with van der Waals surface area (Å²) < 4.78 is 5.16. The molecule has 2 aromatic carbocycles. The number of hydrogen-bond acceptors (Lipinski definition) is 4. The minimum Gasteiger partial charge on any atom is -0.497 e. The number of benzene rings is 2. The Kier molecular flexibility index (Phi) is 5.01. The van der Waals surface area contributed by atoms with Gasteiger partial charge in [-0.1, -0.05) is 23.7 Å². The van der Waals surface area contributed by atoms with Crippen molar-refractivity contribution in [3.8, 4) is 5.75 Å². The molecule has 27 heavy (non-hydrogen) atoms. The number of carbonyl (C=O) groups excluding carboxylic acids is 3. The van der Waals surface area contributed by atoms with E-state index in [1.165, 1.54) is 6.08 Å². The van der Waals surface area contributed by atoms with E-state index < -0.39 is 17.8 Å². The zero-order valence-electron chi connectivity index (χ0n) is 15.0. The van der Waals surface area contributed by atoms with Crippen molar-refractivity contribution >= 4 is 41.2 Å². The van der Waals surface area contributed by atoms with Crippen molar-refractivity contribution < 1.29 is 19.1 Å². The van der Waals surface area contributed by atoms with Crippen LogP contribution in [0.4, 0.5) is 10.5 Å². The molecule has 0 spiro atoms. The molecule has 138 valence electrons. The van der Waals surface area contributed by atoms with E-state index in [-0.39, 0.29) is 5.57 Å². The van der Waals surface area contributed by atoms with Crippen molar-refractivity contribution in [2.75, 3.05) is 12.0 Å². The predicted octanol–water partition coefficient (Wildman–Crippen LogP) is 3.63. The third-order valence-electron chi connectivity index (χ3n) is 4.36. The third kappa shape index (κ3) is 3.44. The average Bonchev–Trinajstić information content (AvgIpc) is 2.63. The second-order valence-electron chi connectivity index (χ2n) is 6.06. The lowest BCUT2D eigenvalue weighted by Crippen LogP contribution is -2.54. The number of imide groups is 2. The third-order valence-corrected chi connectivity index (χ3v) is 4.77. The standard InChI is InChI=1S/C20H17ClN2O4/c1-11-9-14(27-3)8-7-13(11)10-15-18(24)22-20(26)23(19(15)25)17-6-4-5-16(21)12(17)2/h4-10H,1-3H3,(H,22,24,26)/b15-10+. The molecule has 0 unspecified atom stereocenters. The molecule has 0 aromatic heterocycles. The van der Waals surface area contributed by atoms with Gasteiger partial charge in [0.25, 0.3) is 11.8 Å². The Morgan fingerprint density at radius 1 is 1.11 bits per heavy atom. The summed E-state index contributed by atoms with van der Waals surface area (Å²) in [5, 5.41) is 2.63. The lowest BCUT2D eigenvalue weighted by Gasteiger charge is -2.27. The highest BCUT2D eigenvalue weighted by Gasteiger charge is 2.37. The molecule has 1 fully saturated rings. The van der Waals surface area contributed by atoms with Crippen LogP contribution in [0, 0.1) is 13.8 Å². The van der Waals surface area contributed by atoms with Gasteiger partial charge in [-0.2, -0.15) is 0 Å². The normalized spacial score (nSPS) is 15.9. The van der Waals surface area contributed by atoms with Crippen molar-refractivity contribution in [1.82, 2.24) is 5.32 Å². The highest BCUT2D eigenvalue weighted by atomic mass is 35.5. The van der Waals surface area contributed by atoms with Crippen LogP contribution in [0.15, 0.2) is 42.0 Å². The molecule has 0 bridgehead atoms. The molecule has 0 radical (unpaired) electrons. The van der Waals surface area contributed by atoms with Gasteiger partial charge in [0.15, 0.2) is 0 Å². The molecule has 3 rings (SSSR count). The molecule has 1 N–H and O–H groups in total. The topological polar surface area (TPSA) is 75.7 Å². The summed E-state index contributed by atoms with van der Waals surface area (Å²) in [5.74, 6) is -0.777. The first-order valence-corrected chi connectivity index (χ1v) is 8.52. The number of halogens is 1. The first-order valence-electron chi connectivity index (χ1n) is 8.14. The lowest BCUT2D eigenvalue weighted by molar-refractivity contribution is -0.122. The highest BCUT2D eigenvalue weighted by molar-refractivity contribution is 6.40. The van der Waals surface area contributed by atoms with Crippen LogP contribution >= 0.6 is 11.6 Å². The number of nitrogens with zero attached hydrogens (tertiary/aromatic N) is 1. The number of methoxy groups -OCH3 is 1. The molecule has 6 nitrogen and oxygen atoms in total. The van der Waals surface area contributed by atoms with E-state index in [0.29, 0.717) is 27.6 Å². The maximum absolute atomic E-state index is 13.0. The minimum atomic E-state index is -0.807. The number of amides is 4. The van der Waals surface area contributed by atoms with Gasteiger partial charge in [-0.15, -0.1) is 0 Å². The van der Waals surface area contributed by atoms with Crippen LogP contribution in [0.25, 0.3) is 6.08 Å². The van der Waals surface area contributed by atoms with Crippen LogP contribution in [0.1, 0.15) is 16.7 Å². The fraction of sp³-hybridized carbons (Fsp3) is 0.150. The molecular formula is C20H17ClN2O4. The van der Waals surface area contributed by atoms with Crippen molar-refractivity contribution in [3.63, 3.8) is 0 Å². The van der Waals surface area contributed by atoms with Crippen molar-refractivity contribution in [2.45, 2.75) is 13.8 Å². The number of ether oxygens (including phenoxy) is 1. The van der Waals surface area contributed by atoms with E-state index in [1.54, 1.807) is 50.4 Å². The number of urea groups is 1. The van der Waals surface area contributed by atoms with E-state index in [1.807, 2.05) is 6.92 Å². The van der Waals surface area contributed by atoms with Gasteiger partial charge in [0, 0.05) is 5.02 Å². The van der Waals surface area contributed by atoms with Gasteiger partial charge in [0.1, 0.15) is 11.3 Å². The molecule has 1 heterocycles. The fourth-order valence-corrected chi connectivity index (χ4v) is 2.98. The molecular weight excluding hydrogens is 368 g/mol. The predicted molar refractivity (Wildman–Crippen MR) is 103 cm³/mol. The van der Waals surface area contributed by atoms with E-state index in [4.69, 9.17) is 16.3 Å². The number of nitrogens with one attached hydrogen (secondary N) is 1. The molecule has 7 heteroatoms. The molecule has 2 aromatic rings. The van der Waals surface area contributed by atoms with Gasteiger partial charge >= 0.3 is 6.03 Å². The lowest BCUT2D eigenvalue weighted by atomic mass is 10.0. The van der Waals surface area contributed by atoms with Crippen molar-refractivity contribution in [3.05, 3.63) is 63.7 Å². The molecule has 1 aliphatic rings. The van der Waals surface area contributed by atoms with Gasteiger partial charge in [-0.25, -0.2) is 9.69 Å². The second-order valence-corrected chi connectivity index (χ2v) is 6.47. The summed E-state index contributed by atoms with van der Waals surface area (Å²) in [6.07, 6.45) is 1.46. The Bertz CT molecular complexity index is 997. The molecule has 0 saturated carbocycles. The van der Waals surface area contributed by atoms with Gasteiger partial charge in [-0.05, 0) is 60.9 Å². The highest BCUT2D eigenvalue weighted by Crippen LogP contribution is 2.30. The van der Waals surface area contributed by atoms with E-state index >= 15 is 0 Å². The number of aryl methyl sites for hydroxylation is 1. The van der Waals surface area contributed by atoms with Crippen LogP contribution in [0.5, 0.6) is 5.75 Å². The average molecular weight is 385 g/mol. The summed E-state index contributed by atoms with van der Waals surface area (Å²) in [4.78, 5) is 38.5. The van der Waals surface area contributed by atoms with Crippen LogP contribution in [-0.2, 0) is 9.59 Å². The van der Waals surface area contributed by atoms with Crippen LogP contribution < -0.4 is 15.0 Å². The number of hydrogen-bond donors (Lipinski definition) is 1. The van der Waals surface area contributed by atoms with Crippen molar-refractivity contribution in [2.24, 2.45) is 0 Å². The van der Waals surface area contributed by atoms with Gasteiger partial charge in [0.05, 0.1) is 12.8 Å². The molecule has 1 saturated heterocycles. The van der Waals surface area contributed by atoms with Crippen molar-refractivity contribution in [1.29, 1.82) is 0 Å². The number of barbiturate groups is 1. The molecule has 1 aliphatic heterocycles. The zero-order chi connectivity index (χ0) is 19.7. The first-order chi connectivity index (χ1) is 12.8. The SMILES string of the molecule is COc1ccc(/C=C2\C(=O)NC(=O)N(c3cccc(Cl)c3C)C2=O)c(C)c1. The number of carbonyl (C=O) groups is 3. The Morgan fingerprint density at radius 2 is 1.85 bits per heavy atom. The molecule has 0 aliphatic carbocycles. The molecule has 0 atom stereocenters. The van der Waals surface area contributed by atoms with E-state index in [0.717, 1.165) is 10.5 Å². The number of rotatable bonds is 3. The fourth-order valence-electron chi connectivity index (χ4n) is 2.81. The minimum absolute atomic E-state index is 0.137. The summed E-state index contributed by atoms with van der Waals surface area (Å²) >= 11 is 6.11. The Labute approximate surface area is 161 Å². The zero-order valence-corrected chi connectivity index (χ0v) is 15.8. The largest absolute Gasteiger partial charge is 0.497 e. The van der Waals surface area contributed by atoms with Crippen LogP contribution in [0.3, 0.4) is 0 Å². The van der Waals surface area contributed by atoms with E-state index in [2.05, 4.69) is 5.32 Å². The van der Waals surface area contributed by atoms with Gasteiger partial charge in [-0.3, -0.25) is 14.9 Å². The quantitative estimate of drug-likeness (QED) is 0.647. The molecule has 4 amide bonds. The van der Waals surface area contributed by atoms with Gasteiger partial charge < -0.3 is 4.74 Å². The van der Waals surface area contributed by atoms with Crippen LogP contribution in [-0.4, -0.2) is 25.0 Å². The maximum Gasteiger partial charge on any atom is 0.335 e. The summed E-state index contributed by atoms with van der Waals surface area (Å²) in [6, 6.07) is 9.36. The number of anilines is 1. The Hall–Kier alpha value is -3.12. The summed E-state index contributed by atoms with van der Waals surface area (Å²) in [7, 11) is 1.56. The summed E-state index contributed by atoms with van der Waals surface area (Å²) in [5.41, 5.74) is 2.25. The van der Waals surface area contributed by atoms with Crippen LogP contribution in [0.2, 0.25) is 5.02 Å². The first kappa shape index (κ1) is 18.7. The van der Waals surface area contributed by atoms with Gasteiger partial charge in [0.2, 0.25) is 0 Å². The van der Waals surface area contributed by atoms with E-state index in [9.17, 15) is 14.4 Å². The smallest absolute Gasteiger partial charge is 0.335 e.